The number of hydrogen-bond donors (Lipinski definition) is 0. The number of fused-ring (bicyclic) bond motifs is 1. The van der Waals surface area contributed by atoms with E-state index < -0.39 is 40.1 Å². The van der Waals surface area contributed by atoms with Gasteiger partial charge in [0, 0.05) is 23.7 Å². The van der Waals surface area contributed by atoms with Gasteiger partial charge in [-0.05, 0) is 37.6 Å². The Kier molecular flexibility index (Phi) is 6.87. The predicted octanol–water partition coefficient (Wildman–Crippen LogP) is 1.88. The monoisotopic (exact) mass is 487 g/mol. The number of carbonyl (C=O) groups is 3. The Labute approximate surface area is 197 Å². The van der Waals surface area contributed by atoms with Crippen molar-refractivity contribution in [3.05, 3.63) is 59.2 Å². The van der Waals surface area contributed by atoms with Gasteiger partial charge in [-0.2, -0.15) is 0 Å². The molecule has 180 valence electrons. The molecule has 2 aromatic rings. The summed E-state index contributed by atoms with van der Waals surface area (Å²) in [6.45, 7) is 2.31. The fraction of sp³-hybridized carbons (Fsp3) is 0.375. The molecule has 34 heavy (non-hydrogen) atoms. The molecule has 0 bridgehead atoms. The van der Waals surface area contributed by atoms with Crippen LogP contribution >= 0.6 is 0 Å². The lowest BCUT2D eigenvalue weighted by Gasteiger charge is -2.26. The summed E-state index contributed by atoms with van der Waals surface area (Å²) in [5, 5.41) is 0. The van der Waals surface area contributed by atoms with Crippen molar-refractivity contribution in [2.45, 2.75) is 19.4 Å². The summed E-state index contributed by atoms with van der Waals surface area (Å²) in [6.07, 6.45) is 0.364. The third-order valence-corrected chi connectivity index (χ3v) is 7.58. The molecule has 4 rings (SSSR count). The van der Waals surface area contributed by atoms with Gasteiger partial charge in [0.15, 0.2) is 33.7 Å². The van der Waals surface area contributed by atoms with E-state index >= 15 is 0 Å². The summed E-state index contributed by atoms with van der Waals surface area (Å²) < 4.78 is 39.8. The molecule has 0 N–H and O–H groups in total. The number of ether oxygens (including phenoxy) is 3. The molecule has 1 saturated heterocycles. The number of sulfone groups is 1. The molecule has 2 aromatic carbocycles. The SMILES string of the molecule is CCN(C(=O)COC(=O)c1ccccc1C(=O)c1ccc2c(c1)OCCO2)C1CCS(=O)(=O)C1. The van der Waals surface area contributed by atoms with Gasteiger partial charge in [-0.25, -0.2) is 13.2 Å². The molecule has 10 heteroatoms. The normalized spacial score (nSPS) is 18.2. The van der Waals surface area contributed by atoms with E-state index in [9.17, 15) is 22.8 Å². The second-order valence-corrected chi connectivity index (χ2v) is 10.3. The maximum absolute atomic E-state index is 13.1. The lowest BCUT2D eigenvalue weighted by Crippen LogP contribution is -2.43. The first-order valence-corrected chi connectivity index (χ1v) is 12.8. The highest BCUT2D eigenvalue weighted by Gasteiger charge is 2.34. The van der Waals surface area contributed by atoms with Gasteiger partial charge >= 0.3 is 5.97 Å². The second kappa shape index (κ2) is 9.84. The Morgan fingerprint density at radius 2 is 1.74 bits per heavy atom. The molecule has 1 unspecified atom stereocenters. The van der Waals surface area contributed by atoms with Gasteiger partial charge < -0.3 is 19.1 Å². The maximum Gasteiger partial charge on any atom is 0.339 e. The quantitative estimate of drug-likeness (QED) is 0.429. The van der Waals surface area contributed by atoms with E-state index in [1.165, 1.54) is 17.0 Å². The van der Waals surface area contributed by atoms with Crippen molar-refractivity contribution in [1.82, 2.24) is 4.90 Å². The topological polar surface area (TPSA) is 116 Å². The summed E-state index contributed by atoms with van der Waals surface area (Å²) in [7, 11) is -3.16. The van der Waals surface area contributed by atoms with Crippen molar-refractivity contribution in [1.29, 1.82) is 0 Å². The smallest absolute Gasteiger partial charge is 0.339 e. The number of rotatable bonds is 7. The summed E-state index contributed by atoms with van der Waals surface area (Å²) in [6, 6.07) is 10.6. The molecular weight excluding hydrogens is 462 g/mol. The van der Waals surface area contributed by atoms with E-state index in [1.54, 1.807) is 37.3 Å². The van der Waals surface area contributed by atoms with Crippen LogP contribution in [-0.4, -0.2) is 74.9 Å². The van der Waals surface area contributed by atoms with Crippen molar-refractivity contribution in [2.75, 3.05) is 37.9 Å². The number of carbonyl (C=O) groups excluding carboxylic acids is 3. The minimum absolute atomic E-state index is 0.0293. The molecule has 0 spiro atoms. The fourth-order valence-corrected chi connectivity index (χ4v) is 5.88. The van der Waals surface area contributed by atoms with Gasteiger partial charge in [-0.15, -0.1) is 0 Å². The predicted molar refractivity (Wildman–Crippen MR) is 122 cm³/mol. The van der Waals surface area contributed by atoms with Crippen LogP contribution < -0.4 is 9.47 Å². The number of ketones is 1. The van der Waals surface area contributed by atoms with Crippen LogP contribution in [0.3, 0.4) is 0 Å². The van der Waals surface area contributed by atoms with Crippen molar-refractivity contribution in [3.63, 3.8) is 0 Å². The number of amides is 1. The molecule has 1 amide bonds. The van der Waals surface area contributed by atoms with Crippen LogP contribution in [-0.2, 0) is 19.4 Å². The van der Waals surface area contributed by atoms with Crippen LogP contribution in [0.25, 0.3) is 0 Å². The fourth-order valence-electron chi connectivity index (χ4n) is 4.15. The van der Waals surface area contributed by atoms with Gasteiger partial charge in [-0.1, -0.05) is 18.2 Å². The Balaban J connectivity index is 1.46. The van der Waals surface area contributed by atoms with E-state index in [2.05, 4.69) is 0 Å². The Hall–Kier alpha value is -3.40. The zero-order valence-electron chi connectivity index (χ0n) is 18.7. The highest BCUT2D eigenvalue weighted by molar-refractivity contribution is 7.91. The van der Waals surface area contributed by atoms with Gasteiger partial charge in [-0.3, -0.25) is 9.59 Å². The minimum Gasteiger partial charge on any atom is -0.486 e. The van der Waals surface area contributed by atoms with E-state index in [1.807, 2.05) is 0 Å². The van der Waals surface area contributed by atoms with Gasteiger partial charge in [0.1, 0.15) is 13.2 Å². The molecule has 2 aliphatic rings. The average Bonchev–Trinajstić information content (AvgIpc) is 3.21. The van der Waals surface area contributed by atoms with Crippen LogP contribution in [0.2, 0.25) is 0 Å². The van der Waals surface area contributed by atoms with E-state index in [-0.39, 0.29) is 22.6 Å². The third kappa shape index (κ3) is 5.06. The standard InChI is InChI=1S/C24H25NO8S/c1-2-25(17-9-12-34(29,30)15-17)22(26)14-33-24(28)19-6-4-3-5-18(19)23(27)16-7-8-20-21(13-16)32-11-10-31-20/h3-8,13,17H,2,9-12,14-15H2,1H3. The largest absolute Gasteiger partial charge is 0.486 e. The molecule has 0 aromatic heterocycles. The van der Waals surface area contributed by atoms with Crippen LogP contribution in [0.5, 0.6) is 11.5 Å². The molecule has 2 aliphatic heterocycles. The van der Waals surface area contributed by atoms with Gasteiger partial charge in [0.05, 0.1) is 17.1 Å². The Morgan fingerprint density at radius 3 is 2.41 bits per heavy atom. The average molecular weight is 488 g/mol. The summed E-state index contributed by atoms with van der Waals surface area (Å²) in [5.41, 5.74) is 0.479. The molecule has 9 nitrogen and oxygen atoms in total. The number of hydrogen-bond acceptors (Lipinski definition) is 8. The molecule has 0 saturated carbocycles. The molecule has 0 radical (unpaired) electrons. The summed E-state index contributed by atoms with van der Waals surface area (Å²) in [5.74, 6) is -0.745. The maximum atomic E-state index is 13.1. The number of nitrogens with zero attached hydrogens (tertiary/aromatic N) is 1. The van der Waals surface area contributed by atoms with Crippen molar-refractivity contribution < 1.29 is 37.0 Å². The van der Waals surface area contributed by atoms with Crippen molar-refractivity contribution in [2.24, 2.45) is 0 Å². The Bertz CT molecular complexity index is 1220. The highest BCUT2D eigenvalue weighted by atomic mass is 32.2. The number of likely N-dealkylation sites (N-methyl/N-ethyl adjacent to an activating group) is 1. The van der Waals surface area contributed by atoms with Crippen LogP contribution in [0, 0.1) is 0 Å². The van der Waals surface area contributed by atoms with Crippen LogP contribution in [0.4, 0.5) is 0 Å². The minimum atomic E-state index is -3.16. The molecular formula is C24H25NO8S. The third-order valence-electron chi connectivity index (χ3n) is 5.83. The summed E-state index contributed by atoms with van der Waals surface area (Å²) >= 11 is 0. The molecule has 0 aliphatic carbocycles. The van der Waals surface area contributed by atoms with Crippen molar-refractivity contribution >= 4 is 27.5 Å². The van der Waals surface area contributed by atoms with Gasteiger partial charge in [0.25, 0.3) is 5.91 Å². The molecule has 1 fully saturated rings. The lowest BCUT2D eigenvalue weighted by atomic mass is 9.98. The highest BCUT2D eigenvalue weighted by Crippen LogP contribution is 2.31. The second-order valence-electron chi connectivity index (χ2n) is 8.05. The Morgan fingerprint density at radius 1 is 1.03 bits per heavy atom. The number of esters is 1. The van der Waals surface area contributed by atoms with Crippen molar-refractivity contribution in [3.8, 4) is 11.5 Å². The number of benzene rings is 2. The summed E-state index contributed by atoms with van der Waals surface area (Å²) in [4.78, 5) is 40.0. The lowest BCUT2D eigenvalue weighted by molar-refractivity contribution is -0.136. The van der Waals surface area contributed by atoms with E-state index in [0.29, 0.717) is 43.2 Å². The van der Waals surface area contributed by atoms with E-state index in [0.717, 1.165) is 0 Å². The first-order valence-electron chi connectivity index (χ1n) is 11.0. The molecule has 1 atom stereocenters. The van der Waals surface area contributed by atoms with Gasteiger partial charge in [0.2, 0.25) is 0 Å². The molecule has 2 heterocycles. The first-order chi connectivity index (χ1) is 16.3. The van der Waals surface area contributed by atoms with Crippen LogP contribution in [0.1, 0.15) is 39.6 Å². The van der Waals surface area contributed by atoms with E-state index in [4.69, 9.17) is 14.2 Å². The van der Waals surface area contributed by atoms with Crippen LogP contribution in [0.15, 0.2) is 42.5 Å². The zero-order valence-corrected chi connectivity index (χ0v) is 19.5. The zero-order chi connectivity index (χ0) is 24.3. The first kappa shape index (κ1) is 23.7.